The average molecular weight is 391 g/mol. The highest BCUT2D eigenvalue weighted by Gasteiger charge is 2.65. The quantitative estimate of drug-likeness (QED) is 0.843. The van der Waals surface area contributed by atoms with Gasteiger partial charge in [-0.15, -0.1) is 0 Å². The third-order valence-electron chi connectivity index (χ3n) is 6.78. The molecule has 5 rings (SSSR count). The number of fused-ring (bicyclic) bond motifs is 4. The number of carbonyl (C=O) groups is 2. The van der Waals surface area contributed by atoms with Gasteiger partial charge in [-0.2, -0.15) is 0 Å². The average Bonchev–Trinajstić information content (AvgIpc) is 3.38. The molecule has 2 aromatic carbocycles. The molecular weight excluding hydrogens is 366 g/mol. The van der Waals surface area contributed by atoms with Crippen molar-refractivity contribution < 1.29 is 14.3 Å². The number of anilines is 2. The molecule has 0 bridgehead atoms. The van der Waals surface area contributed by atoms with E-state index in [0.29, 0.717) is 12.1 Å². The third-order valence-corrected chi connectivity index (χ3v) is 6.78. The lowest BCUT2D eigenvalue weighted by atomic mass is 9.78. The maximum absolute atomic E-state index is 13.5. The molecule has 3 aliphatic rings. The summed E-state index contributed by atoms with van der Waals surface area (Å²) in [5, 5.41) is 6.14. The molecular formula is C23H25N3O3. The van der Waals surface area contributed by atoms with Gasteiger partial charge in [-0.25, -0.2) is 0 Å². The summed E-state index contributed by atoms with van der Waals surface area (Å²) in [6, 6.07) is 13.5. The molecule has 3 heterocycles. The van der Waals surface area contributed by atoms with E-state index in [4.69, 9.17) is 4.74 Å². The number of nitrogens with one attached hydrogen (secondary N) is 2. The molecule has 2 aromatic rings. The molecule has 0 aromatic heterocycles. The van der Waals surface area contributed by atoms with Gasteiger partial charge in [0.05, 0.1) is 13.0 Å². The summed E-state index contributed by atoms with van der Waals surface area (Å²) in [5.74, 6) is 0.133. The lowest BCUT2D eigenvalue weighted by Crippen LogP contribution is -2.53. The molecule has 2 saturated heterocycles. The Morgan fingerprint density at radius 2 is 2.03 bits per heavy atom. The smallest absolute Gasteiger partial charge is 0.250 e. The summed E-state index contributed by atoms with van der Waals surface area (Å²) >= 11 is 0. The SMILES string of the molecule is COc1ccc(NC(=O)[C@@H]2C[C@H]3CCCN3[C@@]23C(=O)Nc2c(C)cccc23)cc1. The van der Waals surface area contributed by atoms with E-state index in [1.165, 1.54) is 0 Å². The fourth-order valence-electron chi connectivity index (χ4n) is 5.50. The van der Waals surface area contributed by atoms with Crippen molar-refractivity contribution in [1.29, 1.82) is 0 Å². The predicted octanol–water partition coefficient (Wildman–Crippen LogP) is 3.27. The normalized spacial score (nSPS) is 27.6. The van der Waals surface area contributed by atoms with E-state index >= 15 is 0 Å². The van der Waals surface area contributed by atoms with Gasteiger partial charge >= 0.3 is 0 Å². The second-order valence-corrected chi connectivity index (χ2v) is 8.21. The van der Waals surface area contributed by atoms with Gasteiger partial charge in [-0.1, -0.05) is 18.2 Å². The van der Waals surface area contributed by atoms with Crippen LogP contribution in [0, 0.1) is 12.8 Å². The van der Waals surface area contributed by atoms with E-state index in [1.54, 1.807) is 7.11 Å². The molecule has 29 heavy (non-hydrogen) atoms. The Morgan fingerprint density at radius 1 is 1.24 bits per heavy atom. The van der Waals surface area contributed by atoms with Crippen LogP contribution in [-0.4, -0.2) is 36.4 Å². The maximum Gasteiger partial charge on any atom is 0.250 e. The second kappa shape index (κ2) is 6.59. The van der Waals surface area contributed by atoms with Gasteiger partial charge in [-0.05, 0) is 62.6 Å². The maximum atomic E-state index is 13.5. The minimum absolute atomic E-state index is 0.0684. The first kappa shape index (κ1) is 18.2. The van der Waals surface area contributed by atoms with Gasteiger partial charge in [0.2, 0.25) is 11.8 Å². The van der Waals surface area contributed by atoms with Crippen LogP contribution >= 0.6 is 0 Å². The molecule has 0 unspecified atom stereocenters. The Bertz CT molecular complexity index is 987. The fourth-order valence-corrected chi connectivity index (χ4v) is 5.50. The zero-order valence-corrected chi connectivity index (χ0v) is 16.7. The largest absolute Gasteiger partial charge is 0.497 e. The molecule has 0 radical (unpaired) electrons. The molecule has 0 aliphatic carbocycles. The van der Waals surface area contributed by atoms with Crippen molar-refractivity contribution in [2.75, 3.05) is 24.3 Å². The van der Waals surface area contributed by atoms with E-state index in [1.807, 2.05) is 49.4 Å². The van der Waals surface area contributed by atoms with Crippen molar-refractivity contribution in [3.8, 4) is 5.75 Å². The van der Waals surface area contributed by atoms with Crippen molar-refractivity contribution in [1.82, 2.24) is 4.90 Å². The summed E-state index contributed by atoms with van der Waals surface area (Å²) in [6.45, 7) is 2.85. The number of amides is 2. The number of hydrogen-bond donors (Lipinski definition) is 2. The minimum atomic E-state index is -0.918. The molecule has 3 aliphatic heterocycles. The van der Waals surface area contributed by atoms with E-state index in [-0.39, 0.29) is 17.9 Å². The number of ether oxygens (including phenoxy) is 1. The van der Waals surface area contributed by atoms with Crippen LogP contribution in [-0.2, 0) is 15.1 Å². The van der Waals surface area contributed by atoms with E-state index in [0.717, 1.165) is 42.0 Å². The predicted molar refractivity (Wildman–Crippen MR) is 111 cm³/mol. The molecule has 6 heteroatoms. The van der Waals surface area contributed by atoms with Crippen LogP contribution in [0.4, 0.5) is 11.4 Å². The van der Waals surface area contributed by atoms with E-state index in [2.05, 4.69) is 15.5 Å². The Kier molecular flexibility index (Phi) is 4.13. The molecule has 2 fully saturated rings. The lowest BCUT2D eigenvalue weighted by molar-refractivity contribution is -0.135. The van der Waals surface area contributed by atoms with Crippen LogP contribution in [0.5, 0.6) is 5.75 Å². The molecule has 2 N–H and O–H groups in total. The van der Waals surface area contributed by atoms with Crippen molar-refractivity contribution in [3.05, 3.63) is 53.6 Å². The zero-order chi connectivity index (χ0) is 20.2. The molecule has 6 nitrogen and oxygen atoms in total. The van der Waals surface area contributed by atoms with Crippen LogP contribution in [0.1, 0.15) is 30.4 Å². The van der Waals surface area contributed by atoms with Gasteiger partial charge < -0.3 is 15.4 Å². The Morgan fingerprint density at radius 3 is 2.79 bits per heavy atom. The number of carbonyl (C=O) groups excluding carboxylic acids is 2. The van der Waals surface area contributed by atoms with Crippen LogP contribution < -0.4 is 15.4 Å². The number of para-hydroxylation sites is 1. The number of rotatable bonds is 3. The summed E-state index contributed by atoms with van der Waals surface area (Å²) in [7, 11) is 1.61. The number of benzene rings is 2. The molecule has 3 atom stereocenters. The Hall–Kier alpha value is -2.86. The zero-order valence-electron chi connectivity index (χ0n) is 16.7. The molecule has 2 amide bonds. The molecule has 150 valence electrons. The first-order chi connectivity index (χ1) is 14.1. The van der Waals surface area contributed by atoms with Crippen molar-refractivity contribution in [2.24, 2.45) is 5.92 Å². The van der Waals surface area contributed by atoms with E-state index < -0.39 is 11.5 Å². The van der Waals surface area contributed by atoms with Crippen LogP contribution in [0.2, 0.25) is 0 Å². The van der Waals surface area contributed by atoms with E-state index in [9.17, 15) is 9.59 Å². The first-order valence-electron chi connectivity index (χ1n) is 10.2. The number of nitrogens with zero attached hydrogens (tertiary/aromatic N) is 1. The van der Waals surface area contributed by atoms with Gasteiger partial charge in [0, 0.05) is 23.0 Å². The Labute approximate surface area is 170 Å². The Balaban J connectivity index is 1.55. The van der Waals surface area contributed by atoms with Crippen LogP contribution in [0.3, 0.4) is 0 Å². The first-order valence-corrected chi connectivity index (χ1v) is 10.2. The van der Waals surface area contributed by atoms with Crippen molar-refractivity contribution >= 4 is 23.2 Å². The highest BCUT2D eigenvalue weighted by atomic mass is 16.5. The topological polar surface area (TPSA) is 70.7 Å². The molecule has 0 saturated carbocycles. The lowest BCUT2D eigenvalue weighted by Gasteiger charge is -2.36. The third kappa shape index (κ3) is 2.52. The monoisotopic (exact) mass is 391 g/mol. The summed E-state index contributed by atoms with van der Waals surface area (Å²) < 4.78 is 5.19. The number of methoxy groups -OCH3 is 1. The minimum Gasteiger partial charge on any atom is -0.497 e. The fraction of sp³-hybridized carbons (Fsp3) is 0.391. The molecule has 1 spiro atoms. The van der Waals surface area contributed by atoms with Crippen molar-refractivity contribution in [2.45, 2.75) is 37.8 Å². The highest BCUT2D eigenvalue weighted by Crippen LogP contribution is 2.56. The summed E-state index contributed by atoms with van der Waals surface area (Å²) in [4.78, 5) is 29.2. The number of aryl methyl sites for hydroxylation is 1. The summed E-state index contributed by atoms with van der Waals surface area (Å²) in [5.41, 5.74) is 2.64. The van der Waals surface area contributed by atoms with Gasteiger partial charge in [0.15, 0.2) is 0 Å². The summed E-state index contributed by atoms with van der Waals surface area (Å²) in [6.07, 6.45) is 2.79. The second-order valence-electron chi connectivity index (χ2n) is 8.21. The number of hydrogen-bond acceptors (Lipinski definition) is 4. The van der Waals surface area contributed by atoms with Gasteiger partial charge in [0.25, 0.3) is 0 Å². The van der Waals surface area contributed by atoms with Crippen molar-refractivity contribution in [3.63, 3.8) is 0 Å². The standard InChI is InChI=1S/C23H25N3O3/c1-14-5-3-7-18-20(14)25-22(28)23(18)19(13-16-6-4-12-26(16)23)21(27)24-15-8-10-17(29-2)11-9-15/h3,5,7-11,16,19H,4,6,12-13H2,1-2H3,(H,24,27)(H,25,28)/t16-,19+,23-/m1/s1. The highest BCUT2D eigenvalue weighted by molar-refractivity contribution is 6.11. The van der Waals surface area contributed by atoms with Gasteiger partial charge in [0.1, 0.15) is 11.3 Å². The van der Waals surface area contributed by atoms with Gasteiger partial charge in [-0.3, -0.25) is 14.5 Å². The van der Waals surface area contributed by atoms with Crippen LogP contribution in [0.15, 0.2) is 42.5 Å². The van der Waals surface area contributed by atoms with Crippen LogP contribution in [0.25, 0.3) is 0 Å².